The fourth-order valence-electron chi connectivity index (χ4n) is 2.74. The number of carbonyl (C=O) groups is 1. The van der Waals surface area contributed by atoms with Gasteiger partial charge in [-0.1, -0.05) is 17.3 Å². The largest absolute Gasteiger partial charge is 0.340 e. The smallest absolute Gasteiger partial charge is 0.227 e. The number of piperazine rings is 1. The highest BCUT2D eigenvalue weighted by Crippen LogP contribution is 2.19. The first-order chi connectivity index (χ1) is 11.5. The van der Waals surface area contributed by atoms with Crippen LogP contribution in [0.4, 0.5) is 4.39 Å². The number of nitrogens with one attached hydrogen (secondary N) is 1. The number of nitrogens with zero attached hydrogens (tertiary/aromatic N) is 3. The van der Waals surface area contributed by atoms with Crippen molar-refractivity contribution in [3.63, 3.8) is 0 Å². The summed E-state index contributed by atoms with van der Waals surface area (Å²) in [4.78, 5) is 18.3. The van der Waals surface area contributed by atoms with Gasteiger partial charge in [0.05, 0.1) is 0 Å². The number of aryl methyl sites for hydroxylation is 2. The van der Waals surface area contributed by atoms with E-state index in [1.54, 1.807) is 19.1 Å². The molecule has 6 nitrogen and oxygen atoms in total. The van der Waals surface area contributed by atoms with Gasteiger partial charge in [0, 0.05) is 44.1 Å². The highest BCUT2D eigenvalue weighted by atomic mass is 35.5. The van der Waals surface area contributed by atoms with E-state index in [-0.39, 0.29) is 24.1 Å². The standard InChI is InChI=1S/C17H21FN4O2.ClH/c1-11-3-4-13(9-14(11)18)17-20-15(24-21-17)5-6-16(23)22-8-7-19-12(2)10-22;/h3-4,9,12,19H,5-8,10H2,1-2H3;1H. The van der Waals surface area contributed by atoms with Gasteiger partial charge in [0.1, 0.15) is 5.82 Å². The van der Waals surface area contributed by atoms with Gasteiger partial charge in [-0.2, -0.15) is 4.98 Å². The zero-order valence-electron chi connectivity index (χ0n) is 14.3. The van der Waals surface area contributed by atoms with E-state index in [4.69, 9.17) is 4.52 Å². The molecule has 0 bridgehead atoms. The third kappa shape index (κ3) is 4.76. The fourth-order valence-corrected chi connectivity index (χ4v) is 2.74. The molecule has 3 rings (SSSR count). The highest BCUT2D eigenvalue weighted by molar-refractivity contribution is 5.85. The van der Waals surface area contributed by atoms with Gasteiger partial charge >= 0.3 is 0 Å². The van der Waals surface area contributed by atoms with Gasteiger partial charge in [-0.15, -0.1) is 12.4 Å². The van der Waals surface area contributed by atoms with Crippen molar-refractivity contribution < 1.29 is 13.7 Å². The van der Waals surface area contributed by atoms with Crippen molar-refractivity contribution in [2.75, 3.05) is 19.6 Å². The number of hydrogen-bond acceptors (Lipinski definition) is 5. The Morgan fingerprint density at radius 3 is 3.00 bits per heavy atom. The minimum Gasteiger partial charge on any atom is -0.340 e. The molecule has 136 valence electrons. The number of amides is 1. The Hall–Kier alpha value is -1.99. The third-order valence-electron chi connectivity index (χ3n) is 4.17. The van der Waals surface area contributed by atoms with Crippen LogP contribution in [0.1, 0.15) is 24.8 Å². The van der Waals surface area contributed by atoms with Gasteiger partial charge in [-0.3, -0.25) is 4.79 Å². The van der Waals surface area contributed by atoms with Gasteiger partial charge in [0.15, 0.2) is 0 Å². The van der Waals surface area contributed by atoms with Crippen LogP contribution >= 0.6 is 12.4 Å². The van der Waals surface area contributed by atoms with Crippen molar-refractivity contribution in [2.24, 2.45) is 0 Å². The van der Waals surface area contributed by atoms with Gasteiger partial charge < -0.3 is 14.7 Å². The minimum absolute atomic E-state index is 0. The molecule has 25 heavy (non-hydrogen) atoms. The van der Waals surface area contributed by atoms with Crippen molar-refractivity contribution in [1.82, 2.24) is 20.4 Å². The van der Waals surface area contributed by atoms with Gasteiger partial charge in [-0.05, 0) is 25.5 Å². The Morgan fingerprint density at radius 1 is 1.48 bits per heavy atom. The normalized spacial score (nSPS) is 17.2. The summed E-state index contributed by atoms with van der Waals surface area (Å²) in [6, 6.07) is 5.13. The van der Waals surface area contributed by atoms with E-state index in [0.717, 1.165) is 19.6 Å². The second-order valence-corrected chi connectivity index (χ2v) is 6.17. The lowest BCUT2D eigenvalue weighted by molar-refractivity contribution is -0.132. The molecule has 1 saturated heterocycles. The number of carbonyl (C=O) groups excluding carboxylic acids is 1. The predicted octanol–water partition coefficient (Wildman–Crippen LogP) is 2.36. The van der Waals surface area contributed by atoms with Crippen LogP contribution in [-0.4, -0.2) is 46.6 Å². The quantitative estimate of drug-likeness (QED) is 0.897. The Kier molecular flexibility index (Phi) is 6.50. The van der Waals surface area contributed by atoms with Crippen LogP contribution in [0, 0.1) is 12.7 Å². The monoisotopic (exact) mass is 368 g/mol. The maximum absolute atomic E-state index is 13.6. The summed E-state index contributed by atoms with van der Waals surface area (Å²) in [5.41, 5.74) is 1.13. The second-order valence-electron chi connectivity index (χ2n) is 6.17. The lowest BCUT2D eigenvalue weighted by Gasteiger charge is -2.31. The molecular formula is C17H22ClFN4O2. The molecule has 1 aromatic carbocycles. The van der Waals surface area contributed by atoms with E-state index in [2.05, 4.69) is 22.4 Å². The number of aromatic nitrogens is 2. The average molecular weight is 369 g/mol. The molecule has 2 heterocycles. The minimum atomic E-state index is -0.304. The van der Waals surface area contributed by atoms with Crippen LogP contribution in [0.2, 0.25) is 0 Å². The van der Waals surface area contributed by atoms with E-state index >= 15 is 0 Å². The molecule has 1 aromatic heterocycles. The Bertz CT molecular complexity index is 737. The fraction of sp³-hybridized carbons (Fsp3) is 0.471. The van der Waals surface area contributed by atoms with Crippen molar-refractivity contribution in [3.8, 4) is 11.4 Å². The topological polar surface area (TPSA) is 71.3 Å². The summed E-state index contributed by atoms with van der Waals surface area (Å²) in [6.45, 7) is 6.02. The number of benzene rings is 1. The molecule has 0 spiro atoms. The molecule has 1 aliphatic rings. The van der Waals surface area contributed by atoms with Crippen molar-refractivity contribution in [3.05, 3.63) is 35.5 Å². The van der Waals surface area contributed by atoms with Crippen LogP contribution in [0.25, 0.3) is 11.4 Å². The summed E-state index contributed by atoms with van der Waals surface area (Å²) in [5.74, 6) is 0.515. The van der Waals surface area contributed by atoms with Crippen molar-refractivity contribution in [2.45, 2.75) is 32.7 Å². The molecule has 2 aromatic rings. The SMILES string of the molecule is Cc1ccc(-c2noc(CCC(=O)N3CCNC(C)C3)n2)cc1F.Cl. The summed E-state index contributed by atoms with van der Waals surface area (Å²) >= 11 is 0. The molecule has 1 aliphatic heterocycles. The van der Waals surface area contributed by atoms with Crippen LogP contribution < -0.4 is 5.32 Å². The second kappa shape index (κ2) is 8.40. The summed E-state index contributed by atoms with van der Waals surface area (Å²) < 4.78 is 18.8. The van der Waals surface area contributed by atoms with E-state index in [1.807, 2.05) is 4.90 Å². The van der Waals surface area contributed by atoms with E-state index in [9.17, 15) is 9.18 Å². The number of halogens is 2. The van der Waals surface area contributed by atoms with Crippen LogP contribution in [-0.2, 0) is 11.2 Å². The molecule has 1 amide bonds. The Balaban J connectivity index is 0.00000225. The Morgan fingerprint density at radius 2 is 2.28 bits per heavy atom. The van der Waals surface area contributed by atoms with Crippen LogP contribution in [0.3, 0.4) is 0 Å². The van der Waals surface area contributed by atoms with E-state index in [1.165, 1.54) is 6.07 Å². The highest BCUT2D eigenvalue weighted by Gasteiger charge is 2.21. The molecule has 1 atom stereocenters. The molecule has 0 saturated carbocycles. The first kappa shape index (κ1) is 19.3. The van der Waals surface area contributed by atoms with Gasteiger partial charge in [0.25, 0.3) is 0 Å². The molecule has 8 heteroatoms. The average Bonchev–Trinajstić information content (AvgIpc) is 3.04. The molecule has 0 radical (unpaired) electrons. The summed E-state index contributed by atoms with van der Waals surface area (Å²) in [7, 11) is 0. The molecular weight excluding hydrogens is 347 g/mol. The van der Waals surface area contributed by atoms with Crippen molar-refractivity contribution in [1.29, 1.82) is 0 Å². The molecule has 0 aliphatic carbocycles. The number of rotatable bonds is 4. The van der Waals surface area contributed by atoms with E-state index in [0.29, 0.717) is 41.7 Å². The summed E-state index contributed by atoms with van der Waals surface area (Å²) in [5, 5.41) is 7.18. The number of hydrogen-bond donors (Lipinski definition) is 1. The molecule has 1 fully saturated rings. The lowest BCUT2D eigenvalue weighted by Crippen LogP contribution is -2.51. The Labute approximate surface area is 152 Å². The predicted molar refractivity (Wildman–Crippen MR) is 94.0 cm³/mol. The van der Waals surface area contributed by atoms with E-state index < -0.39 is 0 Å². The van der Waals surface area contributed by atoms with Crippen LogP contribution in [0.15, 0.2) is 22.7 Å². The molecule has 1 unspecified atom stereocenters. The summed E-state index contributed by atoms with van der Waals surface area (Å²) in [6.07, 6.45) is 0.717. The van der Waals surface area contributed by atoms with Crippen molar-refractivity contribution >= 4 is 18.3 Å². The third-order valence-corrected chi connectivity index (χ3v) is 4.17. The first-order valence-corrected chi connectivity index (χ1v) is 8.13. The molecule has 1 N–H and O–H groups in total. The van der Waals surface area contributed by atoms with Gasteiger partial charge in [-0.25, -0.2) is 4.39 Å². The zero-order chi connectivity index (χ0) is 17.1. The van der Waals surface area contributed by atoms with Gasteiger partial charge in [0.2, 0.25) is 17.6 Å². The zero-order valence-corrected chi connectivity index (χ0v) is 15.1. The van der Waals surface area contributed by atoms with Crippen LogP contribution in [0.5, 0.6) is 0 Å². The first-order valence-electron chi connectivity index (χ1n) is 8.13. The maximum Gasteiger partial charge on any atom is 0.227 e. The maximum atomic E-state index is 13.6. The lowest BCUT2D eigenvalue weighted by atomic mass is 10.1.